The molecule has 3 nitrogen and oxygen atoms in total. The lowest BCUT2D eigenvalue weighted by Gasteiger charge is -2.15. The number of rotatable bonds is 3. The highest BCUT2D eigenvalue weighted by Crippen LogP contribution is 2.29. The van der Waals surface area contributed by atoms with E-state index in [1.807, 2.05) is 17.9 Å². The third-order valence-corrected chi connectivity index (χ3v) is 3.11. The summed E-state index contributed by atoms with van der Waals surface area (Å²) in [4.78, 5) is 0. The minimum Gasteiger partial charge on any atom is -0.316 e. The van der Waals surface area contributed by atoms with Crippen molar-refractivity contribution in [1.82, 2.24) is 15.1 Å². The fourth-order valence-electron chi connectivity index (χ4n) is 2.38. The predicted molar refractivity (Wildman–Crippen MR) is 57.2 cm³/mol. The maximum Gasteiger partial charge on any atom is 0.0671 e. The maximum atomic E-state index is 4.50. The molecule has 1 aromatic heterocycles. The second kappa shape index (κ2) is 4.13. The Balaban J connectivity index is 2.09. The van der Waals surface area contributed by atoms with Crippen LogP contribution < -0.4 is 5.32 Å². The fourth-order valence-corrected chi connectivity index (χ4v) is 2.38. The highest BCUT2D eigenvalue weighted by atomic mass is 15.2. The molecule has 1 fully saturated rings. The van der Waals surface area contributed by atoms with Gasteiger partial charge in [-0.1, -0.05) is 13.3 Å². The van der Waals surface area contributed by atoms with Gasteiger partial charge in [-0.2, -0.15) is 5.10 Å². The molecule has 1 saturated heterocycles. The summed E-state index contributed by atoms with van der Waals surface area (Å²) >= 11 is 0. The molecule has 1 aliphatic heterocycles. The largest absolute Gasteiger partial charge is 0.316 e. The van der Waals surface area contributed by atoms with Crippen LogP contribution in [0.3, 0.4) is 0 Å². The van der Waals surface area contributed by atoms with Gasteiger partial charge in [-0.05, 0) is 24.9 Å². The summed E-state index contributed by atoms with van der Waals surface area (Å²) in [5, 5.41) is 7.97. The van der Waals surface area contributed by atoms with Gasteiger partial charge in [0.15, 0.2) is 0 Å². The van der Waals surface area contributed by atoms with Gasteiger partial charge in [0.25, 0.3) is 0 Å². The quantitative estimate of drug-likeness (QED) is 0.789. The molecule has 0 amide bonds. The summed E-state index contributed by atoms with van der Waals surface area (Å²) in [5.41, 5.74) is 1.26. The van der Waals surface area contributed by atoms with E-state index in [-0.39, 0.29) is 0 Å². The van der Waals surface area contributed by atoms with E-state index in [9.17, 15) is 0 Å². The molecule has 2 heterocycles. The Labute approximate surface area is 85.5 Å². The van der Waals surface area contributed by atoms with E-state index >= 15 is 0 Å². The maximum absolute atomic E-state index is 4.50. The summed E-state index contributed by atoms with van der Waals surface area (Å²) in [6, 6.07) is 2.15. The molecule has 0 radical (unpaired) electrons. The van der Waals surface area contributed by atoms with Crippen LogP contribution in [0.5, 0.6) is 0 Å². The molecule has 2 atom stereocenters. The molecule has 0 saturated carbocycles. The van der Waals surface area contributed by atoms with E-state index < -0.39 is 0 Å². The second-order valence-electron chi connectivity index (χ2n) is 4.23. The first-order valence-electron chi connectivity index (χ1n) is 5.51. The van der Waals surface area contributed by atoms with E-state index in [2.05, 4.69) is 23.4 Å². The lowest BCUT2D eigenvalue weighted by atomic mass is 9.89. The van der Waals surface area contributed by atoms with Crippen molar-refractivity contribution in [3.63, 3.8) is 0 Å². The first kappa shape index (κ1) is 9.71. The molecule has 1 aliphatic rings. The Kier molecular flexibility index (Phi) is 2.87. The van der Waals surface area contributed by atoms with Crippen LogP contribution >= 0.6 is 0 Å². The topological polar surface area (TPSA) is 29.9 Å². The van der Waals surface area contributed by atoms with Gasteiger partial charge < -0.3 is 5.32 Å². The normalized spacial score (nSPS) is 27.0. The highest BCUT2D eigenvalue weighted by Gasteiger charge is 2.28. The summed E-state index contributed by atoms with van der Waals surface area (Å²) in [6.45, 7) is 4.52. The van der Waals surface area contributed by atoms with Crippen LogP contribution in [0.1, 0.15) is 31.4 Å². The molecule has 78 valence electrons. The highest BCUT2D eigenvalue weighted by molar-refractivity contribution is 5.11. The van der Waals surface area contributed by atoms with E-state index in [1.54, 1.807) is 0 Å². The van der Waals surface area contributed by atoms with Crippen LogP contribution in [0.4, 0.5) is 0 Å². The van der Waals surface area contributed by atoms with E-state index in [1.165, 1.54) is 18.5 Å². The Morgan fingerprint density at radius 1 is 1.57 bits per heavy atom. The molecule has 0 aliphatic carbocycles. The number of aromatic nitrogens is 2. The number of nitrogens with zero attached hydrogens (tertiary/aromatic N) is 2. The third kappa shape index (κ3) is 1.82. The zero-order chi connectivity index (χ0) is 9.97. The Morgan fingerprint density at radius 2 is 2.43 bits per heavy atom. The molecule has 1 aromatic rings. The van der Waals surface area contributed by atoms with Crippen molar-refractivity contribution in [2.45, 2.75) is 25.7 Å². The van der Waals surface area contributed by atoms with Crippen LogP contribution in [0.25, 0.3) is 0 Å². The molecule has 1 N–H and O–H groups in total. The van der Waals surface area contributed by atoms with E-state index in [0.717, 1.165) is 19.0 Å². The molecule has 2 rings (SSSR count). The molecule has 0 spiro atoms. The number of aryl methyl sites for hydroxylation is 1. The van der Waals surface area contributed by atoms with Crippen LogP contribution in [0.15, 0.2) is 12.3 Å². The number of hydrogen-bond acceptors (Lipinski definition) is 2. The van der Waals surface area contributed by atoms with Crippen LogP contribution in [-0.4, -0.2) is 22.9 Å². The average Bonchev–Trinajstić information content (AvgIpc) is 2.74. The summed E-state index contributed by atoms with van der Waals surface area (Å²) in [6.07, 6.45) is 4.63. The van der Waals surface area contributed by atoms with Crippen molar-refractivity contribution < 1.29 is 0 Å². The number of nitrogens with one attached hydrogen (secondary N) is 1. The van der Waals surface area contributed by atoms with Gasteiger partial charge in [-0.15, -0.1) is 0 Å². The van der Waals surface area contributed by atoms with Crippen molar-refractivity contribution in [2.75, 3.05) is 13.1 Å². The van der Waals surface area contributed by atoms with Crippen LogP contribution in [-0.2, 0) is 7.05 Å². The molecule has 3 heteroatoms. The van der Waals surface area contributed by atoms with Gasteiger partial charge in [0, 0.05) is 25.7 Å². The predicted octanol–water partition coefficient (Wildman–Crippen LogP) is 1.52. The Morgan fingerprint density at radius 3 is 3.07 bits per heavy atom. The molecule has 14 heavy (non-hydrogen) atoms. The first-order valence-corrected chi connectivity index (χ1v) is 5.51. The van der Waals surface area contributed by atoms with E-state index in [4.69, 9.17) is 0 Å². The first-order chi connectivity index (χ1) is 6.81. The van der Waals surface area contributed by atoms with Crippen molar-refractivity contribution in [2.24, 2.45) is 13.0 Å². The van der Waals surface area contributed by atoms with Crippen molar-refractivity contribution in [3.05, 3.63) is 18.0 Å². The average molecular weight is 193 g/mol. The van der Waals surface area contributed by atoms with Gasteiger partial charge in [-0.25, -0.2) is 0 Å². The van der Waals surface area contributed by atoms with E-state index in [0.29, 0.717) is 5.92 Å². The van der Waals surface area contributed by atoms with Crippen molar-refractivity contribution >= 4 is 0 Å². The zero-order valence-electron chi connectivity index (χ0n) is 9.03. The third-order valence-electron chi connectivity index (χ3n) is 3.11. The minimum absolute atomic E-state index is 0.635. The standard InChI is InChI=1S/C11H19N3/c1-3-4-9-7-12-8-10(9)11-5-6-14(2)13-11/h5-6,9-10,12H,3-4,7-8H2,1-2H3/t9-,10+/m0/s1. The second-order valence-corrected chi connectivity index (χ2v) is 4.23. The minimum atomic E-state index is 0.635. The molecule has 0 bridgehead atoms. The van der Waals surface area contributed by atoms with Gasteiger partial charge >= 0.3 is 0 Å². The lowest BCUT2D eigenvalue weighted by molar-refractivity contribution is 0.463. The SMILES string of the molecule is CCC[C@H]1CNC[C@H]1c1ccn(C)n1. The zero-order valence-corrected chi connectivity index (χ0v) is 9.03. The van der Waals surface area contributed by atoms with Crippen molar-refractivity contribution in [1.29, 1.82) is 0 Å². The summed E-state index contributed by atoms with van der Waals surface area (Å²) < 4.78 is 1.90. The lowest BCUT2D eigenvalue weighted by Crippen LogP contribution is -2.11. The molecular weight excluding hydrogens is 174 g/mol. The van der Waals surface area contributed by atoms with Gasteiger partial charge in [0.2, 0.25) is 0 Å². The van der Waals surface area contributed by atoms with Crippen LogP contribution in [0, 0.1) is 5.92 Å². The van der Waals surface area contributed by atoms with Crippen molar-refractivity contribution in [3.8, 4) is 0 Å². The Bertz CT molecular complexity index is 292. The van der Waals surface area contributed by atoms with Gasteiger partial charge in [0.1, 0.15) is 0 Å². The summed E-state index contributed by atoms with van der Waals surface area (Å²) in [5.74, 6) is 1.42. The van der Waals surface area contributed by atoms with Gasteiger partial charge in [0.05, 0.1) is 5.69 Å². The monoisotopic (exact) mass is 193 g/mol. The Hall–Kier alpha value is -0.830. The smallest absolute Gasteiger partial charge is 0.0671 e. The fraction of sp³-hybridized carbons (Fsp3) is 0.727. The number of hydrogen-bond donors (Lipinski definition) is 1. The molecule has 0 unspecified atom stereocenters. The molecular formula is C11H19N3. The van der Waals surface area contributed by atoms with Crippen LogP contribution in [0.2, 0.25) is 0 Å². The van der Waals surface area contributed by atoms with Gasteiger partial charge in [-0.3, -0.25) is 4.68 Å². The molecule has 0 aromatic carbocycles. The summed E-state index contributed by atoms with van der Waals surface area (Å²) in [7, 11) is 1.99.